The summed E-state index contributed by atoms with van der Waals surface area (Å²) < 4.78 is 0. The van der Waals surface area contributed by atoms with Gasteiger partial charge in [0.25, 0.3) is 5.91 Å². The van der Waals surface area contributed by atoms with Crippen LogP contribution in [-0.4, -0.2) is 17.4 Å². The lowest BCUT2D eigenvalue weighted by molar-refractivity contribution is 0.0939. The van der Waals surface area contributed by atoms with Crippen LogP contribution in [0.2, 0.25) is 5.02 Å². The van der Waals surface area contributed by atoms with E-state index in [4.69, 9.17) is 17.3 Å². The predicted molar refractivity (Wildman–Crippen MR) is 72.5 cm³/mol. The van der Waals surface area contributed by atoms with Crippen LogP contribution in [0, 0.1) is 11.3 Å². The Morgan fingerprint density at radius 1 is 1.61 bits per heavy atom. The predicted octanol–water partition coefficient (Wildman–Crippen LogP) is 2.48. The second-order valence-corrected chi connectivity index (χ2v) is 5.70. The van der Waals surface area contributed by atoms with Crippen LogP contribution in [0.15, 0.2) is 12.3 Å². The van der Waals surface area contributed by atoms with Gasteiger partial charge in [0.05, 0.1) is 10.6 Å². The third-order valence-corrected chi connectivity index (χ3v) is 4.15. The first-order valence-electron chi connectivity index (χ1n) is 6.14. The Labute approximate surface area is 112 Å². The molecule has 1 aliphatic carbocycles. The summed E-state index contributed by atoms with van der Waals surface area (Å²) in [5.74, 6) is 0.691. The number of anilines is 1. The van der Waals surface area contributed by atoms with Crippen molar-refractivity contribution < 1.29 is 4.79 Å². The number of hydrogen-bond donors (Lipinski definition) is 2. The molecule has 1 aromatic heterocycles. The molecule has 0 radical (unpaired) electrons. The number of nitrogens with one attached hydrogen (secondary N) is 1. The molecular weight excluding hydrogens is 250 g/mol. The molecular formula is C13H18ClN3O. The average molecular weight is 268 g/mol. The summed E-state index contributed by atoms with van der Waals surface area (Å²) in [6, 6.07) is 1.55. The van der Waals surface area contributed by atoms with Crippen LogP contribution in [0.3, 0.4) is 0 Å². The Morgan fingerprint density at radius 2 is 2.28 bits per heavy atom. The molecule has 0 aliphatic heterocycles. The number of pyridine rings is 1. The molecule has 1 aromatic rings. The molecule has 5 heteroatoms. The molecule has 0 spiro atoms. The fourth-order valence-electron chi connectivity index (χ4n) is 2.05. The SMILES string of the molecule is CC(C)C1(CNC(=O)c2cnc(N)c(Cl)c2)CC1. The lowest BCUT2D eigenvalue weighted by Gasteiger charge is -2.19. The molecule has 1 fully saturated rings. The maximum atomic E-state index is 12.0. The second kappa shape index (κ2) is 4.76. The number of nitrogens with zero attached hydrogens (tertiary/aromatic N) is 1. The number of nitrogens with two attached hydrogens (primary N) is 1. The van der Waals surface area contributed by atoms with E-state index in [-0.39, 0.29) is 11.7 Å². The largest absolute Gasteiger partial charge is 0.382 e. The highest BCUT2D eigenvalue weighted by Gasteiger charge is 2.45. The number of carbonyl (C=O) groups is 1. The molecule has 1 saturated carbocycles. The van der Waals surface area contributed by atoms with E-state index in [1.807, 2.05) is 0 Å². The third kappa shape index (κ3) is 2.58. The zero-order valence-electron chi connectivity index (χ0n) is 10.7. The van der Waals surface area contributed by atoms with Crippen molar-refractivity contribution in [3.63, 3.8) is 0 Å². The van der Waals surface area contributed by atoms with Gasteiger partial charge in [0.2, 0.25) is 0 Å². The van der Waals surface area contributed by atoms with Gasteiger partial charge < -0.3 is 11.1 Å². The summed E-state index contributed by atoms with van der Waals surface area (Å²) in [5, 5.41) is 3.26. The third-order valence-electron chi connectivity index (χ3n) is 3.85. The Balaban J connectivity index is 1.98. The van der Waals surface area contributed by atoms with Crippen LogP contribution >= 0.6 is 11.6 Å². The van der Waals surface area contributed by atoms with Crippen molar-refractivity contribution in [1.29, 1.82) is 0 Å². The van der Waals surface area contributed by atoms with Crippen molar-refractivity contribution in [2.45, 2.75) is 26.7 Å². The van der Waals surface area contributed by atoms with E-state index >= 15 is 0 Å². The average Bonchev–Trinajstić information content (AvgIpc) is 3.11. The van der Waals surface area contributed by atoms with Gasteiger partial charge in [-0.25, -0.2) is 4.98 Å². The first-order valence-corrected chi connectivity index (χ1v) is 6.52. The standard InChI is InChI=1S/C13H18ClN3O/c1-8(2)13(3-4-13)7-17-12(18)9-5-10(14)11(15)16-6-9/h5-6,8H,3-4,7H2,1-2H3,(H2,15,16)(H,17,18). The highest BCUT2D eigenvalue weighted by Crippen LogP contribution is 2.51. The molecule has 4 nitrogen and oxygen atoms in total. The highest BCUT2D eigenvalue weighted by molar-refractivity contribution is 6.33. The number of amides is 1. The van der Waals surface area contributed by atoms with E-state index in [1.165, 1.54) is 19.0 Å². The Bertz CT molecular complexity index is 469. The van der Waals surface area contributed by atoms with Crippen LogP contribution in [-0.2, 0) is 0 Å². The Morgan fingerprint density at radius 3 is 2.78 bits per heavy atom. The van der Waals surface area contributed by atoms with Crippen molar-refractivity contribution in [3.05, 3.63) is 22.8 Å². The van der Waals surface area contributed by atoms with Gasteiger partial charge in [0, 0.05) is 12.7 Å². The van der Waals surface area contributed by atoms with Gasteiger partial charge in [-0.3, -0.25) is 4.79 Å². The molecule has 1 amide bonds. The quantitative estimate of drug-likeness (QED) is 0.881. The van der Waals surface area contributed by atoms with Crippen molar-refractivity contribution in [2.24, 2.45) is 11.3 Å². The van der Waals surface area contributed by atoms with Gasteiger partial charge in [-0.1, -0.05) is 25.4 Å². The van der Waals surface area contributed by atoms with E-state index < -0.39 is 0 Å². The first kappa shape index (κ1) is 13.1. The maximum absolute atomic E-state index is 12.0. The summed E-state index contributed by atoms with van der Waals surface area (Å²) in [7, 11) is 0. The van der Waals surface area contributed by atoms with Crippen molar-refractivity contribution in [1.82, 2.24) is 10.3 Å². The number of halogens is 1. The molecule has 1 aliphatic rings. The van der Waals surface area contributed by atoms with Crippen molar-refractivity contribution >= 4 is 23.3 Å². The number of nitrogen functional groups attached to an aromatic ring is 1. The van der Waals surface area contributed by atoms with E-state index in [0.29, 0.717) is 28.5 Å². The zero-order chi connectivity index (χ0) is 13.3. The van der Waals surface area contributed by atoms with Crippen LogP contribution in [0.25, 0.3) is 0 Å². The summed E-state index contributed by atoms with van der Waals surface area (Å²) in [4.78, 5) is 15.8. The molecule has 3 N–H and O–H groups in total. The molecule has 1 heterocycles. The number of carbonyl (C=O) groups excluding carboxylic acids is 1. The molecule has 98 valence electrons. The van der Waals surface area contributed by atoms with E-state index in [0.717, 1.165) is 0 Å². The fraction of sp³-hybridized carbons (Fsp3) is 0.538. The van der Waals surface area contributed by atoms with Gasteiger partial charge in [-0.05, 0) is 30.2 Å². The van der Waals surface area contributed by atoms with Gasteiger partial charge >= 0.3 is 0 Å². The summed E-state index contributed by atoms with van der Waals surface area (Å²) in [5.41, 5.74) is 6.25. The van der Waals surface area contributed by atoms with Crippen molar-refractivity contribution in [2.75, 3.05) is 12.3 Å². The summed E-state index contributed by atoms with van der Waals surface area (Å²) in [6.07, 6.45) is 3.82. The number of hydrogen-bond acceptors (Lipinski definition) is 3. The Kier molecular flexibility index (Phi) is 3.48. The molecule has 18 heavy (non-hydrogen) atoms. The summed E-state index contributed by atoms with van der Waals surface area (Å²) in [6.45, 7) is 5.10. The topological polar surface area (TPSA) is 68.0 Å². The zero-order valence-corrected chi connectivity index (χ0v) is 11.4. The monoisotopic (exact) mass is 267 g/mol. The van der Waals surface area contributed by atoms with Gasteiger partial charge in [0.1, 0.15) is 5.82 Å². The second-order valence-electron chi connectivity index (χ2n) is 5.29. The smallest absolute Gasteiger partial charge is 0.252 e. The van der Waals surface area contributed by atoms with Crippen LogP contribution in [0.5, 0.6) is 0 Å². The first-order chi connectivity index (χ1) is 8.44. The van der Waals surface area contributed by atoms with Crippen LogP contribution in [0.4, 0.5) is 5.82 Å². The number of aromatic nitrogens is 1. The van der Waals surface area contributed by atoms with Crippen molar-refractivity contribution in [3.8, 4) is 0 Å². The normalized spacial score (nSPS) is 16.7. The van der Waals surface area contributed by atoms with E-state index in [9.17, 15) is 4.79 Å². The molecule has 0 saturated heterocycles. The van der Waals surface area contributed by atoms with Gasteiger partial charge in [0.15, 0.2) is 0 Å². The Hall–Kier alpha value is -1.29. The summed E-state index contributed by atoms with van der Waals surface area (Å²) >= 11 is 5.84. The van der Waals surface area contributed by atoms with Gasteiger partial charge in [-0.2, -0.15) is 0 Å². The van der Waals surface area contributed by atoms with E-state index in [2.05, 4.69) is 24.1 Å². The van der Waals surface area contributed by atoms with E-state index in [1.54, 1.807) is 6.07 Å². The lowest BCUT2D eigenvalue weighted by atomic mass is 9.92. The van der Waals surface area contributed by atoms with Crippen LogP contribution < -0.4 is 11.1 Å². The fourth-order valence-corrected chi connectivity index (χ4v) is 2.22. The minimum absolute atomic E-state index is 0.142. The minimum atomic E-state index is -0.142. The molecule has 2 rings (SSSR count). The highest BCUT2D eigenvalue weighted by atomic mass is 35.5. The minimum Gasteiger partial charge on any atom is -0.382 e. The van der Waals surface area contributed by atoms with Gasteiger partial charge in [-0.15, -0.1) is 0 Å². The molecule has 0 aromatic carbocycles. The molecule has 0 atom stereocenters. The number of rotatable bonds is 4. The lowest BCUT2D eigenvalue weighted by Crippen LogP contribution is -2.32. The molecule has 0 unspecified atom stereocenters. The van der Waals surface area contributed by atoms with Crippen LogP contribution in [0.1, 0.15) is 37.0 Å². The maximum Gasteiger partial charge on any atom is 0.252 e. The molecule has 0 bridgehead atoms.